The highest BCUT2D eigenvalue weighted by molar-refractivity contribution is 9.10. The molecule has 5 heteroatoms. The van der Waals surface area contributed by atoms with Gasteiger partial charge in [-0.1, -0.05) is 15.9 Å². The number of carbonyl (C=O) groups excluding carboxylic acids is 1. The molecule has 0 aromatic heterocycles. The van der Waals surface area contributed by atoms with E-state index in [1.54, 1.807) is 0 Å². The lowest BCUT2D eigenvalue weighted by molar-refractivity contribution is 0.0946. The van der Waals surface area contributed by atoms with Crippen molar-refractivity contribution in [1.82, 2.24) is 5.32 Å². The molecule has 2 rings (SSSR count). The maximum Gasteiger partial charge on any atom is 0.252 e. The van der Waals surface area contributed by atoms with Crippen molar-refractivity contribution in [3.05, 3.63) is 34.1 Å². The Hall–Kier alpha value is -0.420. The van der Waals surface area contributed by atoms with Gasteiger partial charge >= 0.3 is 0 Å². The first-order valence-corrected chi connectivity index (χ1v) is 7.27. The van der Waals surface area contributed by atoms with Crippen molar-refractivity contribution in [2.45, 2.75) is 12.8 Å². The molecule has 0 spiro atoms. The quantitative estimate of drug-likeness (QED) is 0.814. The molecule has 1 aromatic carbocycles. The van der Waals surface area contributed by atoms with E-state index < -0.39 is 0 Å². The minimum Gasteiger partial charge on any atom is -0.351 e. The number of benzene rings is 1. The Kier molecular flexibility index (Phi) is 3.88. The first-order valence-electron chi connectivity index (χ1n) is 5.36. The number of hydrogen-bond donors (Lipinski definition) is 1. The minimum atomic E-state index is -0.354. The zero-order valence-corrected chi connectivity index (χ0v) is 12.3. The smallest absolute Gasteiger partial charge is 0.252 e. The van der Waals surface area contributed by atoms with Gasteiger partial charge in [0.1, 0.15) is 5.82 Å². The monoisotopic (exact) mass is 363 g/mol. The molecule has 1 fully saturated rings. The number of alkyl halides is 1. The third-order valence-electron chi connectivity index (χ3n) is 3.04. The van der Waals surface area contributed by atoms with E-state index in [1.165, 1.54) is 18.2 Å². The van der Waals surface area contributed by atoms with Crippen molar-refractivity contribution in [3.63, 3.8) is 0 Å². The van der Waals surface area contributed by atoms with Crippen LogP contribution in [-0.2, 0) is 0 Å². The third-order valence-corrected chi connectivity index (χ3v) is 4.89. The highest BCUT2D eigenvalue weighted by Crippen LogP contribution is 2.46. The maximum absolute atomic E-state index is 12.9. The molecule has 1 N–H and O–H groups in total. The van der Waals surface area contributed by atoms with E-state index in [9.17, 15) is 9.18 Å². The maximum atomic E-state index is 12.9. The van der Waals surface area contributed by atoms with Crippen molar-refractivity contribution in [2.75, 3.05) is 11.9 Å². The summed E-state index contributed by atoms with van der Waals surface area (Å²) in [7, 11) is 0. The van der Waals surface area contributed by atoms with Crippen molar-refractivity contribution < 1.29 is 9.18 Å². The van der Waals surface area contributed by atoms with Gasteiger partial charge in [-0.05, 0) is 52.4 Å². The van der Waals surface area contributed by atoms with Crippen molar-refractivity contribution in [2.24, 2.45) is 5.41 Å². The van der Waals surface area contributed by atoms with E-state index in [2.05, 4.69) is 37.2 Å². The molecule has 1 amide bonds. The van der Waals surface area contributed by atoms with Gasteiger partial charge < -0.3 is 5.32 Å². The molecular formula is C12H12Br2FNO. The van der Waals surface area contributed by atoms with Crippen LogP contribution in [0.3, 0.4) is 0 Å². The van der Waals surface area contributed by atoms with E-state index in [0.29, 0.717) is 16.6 Å². The fourth-order valence-corrected chi connectivity index (χ4v) is 2.86. The fourth-order valence-electron chi connectivity index (χ4n) is 1.57. The number of carbonyl (C=O) groups is 1. The molecule has 2 nitrogen and oxygen atoms in total. The largest absolute Gasteiger partial charge is 0.351 e. The van der Waals surface area contributed by atoms with Gasteiger partial charge in [-0.25, -0.2) is 4.39 Å². The average Bonchev–Trinajstić information content (AvgIpc) is 3.07. The van der Waals surface area contributed by atoms with Crippen LogP contribution in [0.5, 0.6) is 0 Å². The lowest BCUT2D eigenvalue weighted by Gasteiger charge is -2.13. The van der Waals surface area contributed by atoms with Crippen LogP contribution in [0.25, 0.3) is 0 Å². The molecule has 0 radical (unpaired) electrons. The highest BCUT2D eigenvalue weighted by atomic mass is 79.9. The molecule has 17 heavy (non-hydrogen) atoms. The second-order valence-electron chi connectivity index (χ2n) is 4.44. The minimum absolute atomic E-state index is 0.163. The normalized spacial score (nSPS) is 16.6. The topological polar surface area (TPSA) is 29.1 Å². The summed E-state index contributed by atoms with van der Waals surface area (Å²) in [4.78, 5) is 11.9. The van der Waals surface area contributed by atoms with Gasteiger partial charge in [-0.2, -0.15) is 0 Å². The summed E-state index contributed by atoms with van der Waals surface area (Å²) in [6, 6.07) is 4.08. The molecule has 92 valence electrons. The number of hydrogen-bond acceptors (Lipinski definition) is 1. The lowest BCUT2D eigenvalue weighted by Crippen LogP contribution is -2.31. The lowest BCUT2D eigenvalue weighted by atomic mass is 10.1. The van der Waals surface area contributed by atoms with E-state index in [1.807, 2.05) is 0 Å². The zero-order chi connectivity index (χ0) is 12.5. The summed E-state index contributed by atoms with van der Waals surface area (Å²) in [5, 5.41) is 3.80. The second-order valence-corrected chi connectivity index (χ2v) is 5.86. The molecular weight excluding hydrogens is 353 g/mol. The summed E-state index contributed by atoms with van der Waals surface area (Å²) < 4.78 is 13.4. The molecule has 0 saturated heterocycles. The number of halogens is 3. The van der Waals surface area contributed by atoms with Crippen molar-refractivity contribution in [3.8, 4) is 0 Å². The molecule has 0 atom stereocenters. The number of rotatable bonds is 4. The first kappa shape index (κ1) is 13.0. The van der Waals surface area contributed by atoms with Crippen molar-refractivity contribution in [1.29, 1.82) is 0 Å². The third kappa shape index (κ3) is 3.07. The van der Waals surface area contributed by atoms with E-state index in [4.69, 9.17) is 0 Å². The summed E-state index contributed by atoms with van der Waals surface area (Å²) in [5.41, 5.74) is 0.707. The predicted molar refractivity (Wildman–Crippen MR) is 71.9 cm³/mol. The van der Waals surface area contributed by atoms with E-state index in [-0.39, 0.29) is 17.1 Å². The van der Waals surface area contributed by atoms with Gasteiger partial charge in [-0.3, -0.25) is 4.79 Å². The molecule has 0 aliphatic heterocycles. The summed E-state index contributed by atoms with van der Waals surface area (Å²) in [6.45, 7) is 0.668. The van der Waals surface area contributed by atoms with Crippen LogP contribution in [0, 0.1) is 11.2 Å². The van der Waals surface area contributed by atoms with Gasteiger partial charge in [0.2, 0.25) is 0 Å². The van der Waals surface area contributed by atoms with E-state index in [0.717, 1.165) is 18.2 Å². The van der Waals surface area contributed by atoms with Gasteiger partial charge in [0.15, 0.2) is 0 Å². The molecule has 0 unspecified atom stereocenters. The molecule has 1 aliphatic carbocycles. The Balaban J connectivity index is 2.00. The Bertz CT molecular complexity index is 446. The Labute approximate surface area is 116 Å². The molecule has 0 heterocycles. The predicted octanol–water partition coefficient (Wildman–Crippen LogP) is 3.49. The van der Waals surface area contributed by atoms with Crippen LogP contribution in [0.2, 0.25) is 0 Å². The summed E-state index contributed by atoms with van der Waals surface area (Å²) in [6.07, 6.45) is 2.28. The number of nitrogens with one attached hydrogen (secondary N) is 1. The zero-order valence-electron chi connectivity index (χ0n) is 9.10. The number of amides is 1. The van der Waals surface area contributed by atoms with Crippen LogP contribution in [-0.4, -0.2) is 17.8 Å². The van der Waals surface area contributed by atoms with Gasteiger partial charge in [0, 0.05) is 16.3 Å². The SMILES string of the molecule is O=C(NCC1(CBr)CC1)c1ccc(F)cc1Br. The molecule has 1 aromatic rings. The average molecular weight is 365 g/mol. The first-order chi connectivity index (χ1) is 8.06. The van der Waals surface area contributed by atoms with E-state index >= 15 is 0 Å². The summed E-state index contributed by atoms with van der Waals surface area (Å²) in [5.74, 6) is -0.517. The molecule has 1 saturated carbocycles. The van der Waals surface area contributed by atoms with Crippen LogP contribution in [0.1, 0.15) is 23.2 Å². The van der Waals surface area contributed by atoms with Crippen LogP contribution in [0.4, 0.5) is 4.39 Å². The van der Waals surface area contributed by atoms with Gasteiger partial charge in [0.05, 0.1) is 5.56 Å². The van der Waals surface area contributed by atoms with Crippen molar-refractivity contribution >= 4 is 37.8 Å². The Morgan fingerprint density at radius 1 is 1.47 bits per heavy atom. The van der Waals surface area contributed by atoms with Crippen LogP contribution >= 0.6 is 31.9 Å². The molecule has 1 aliphatic rings. The standard InChI is InChI=1S/C12H12Br2FNO/c13-6-12(3-4-12)7-16-11(17)9-2-1-8(15)5-10(9)14/h1-2,5H,3-4,6-7H2,(H,16,17). The Morgan fingerprint density at radius 2 is 2.18 bits per heavy atom. The van der Waals surface area contributed by atoms with Gasteiger partial charge in [0.25, 0.3) is 5.91 Å². The van der Waals surface area contributed by atoms with Gasteiger partial charge in [-0.15, -0.1) is 0 Å². The second kappa shape index (κ2) is 5.06. The van der Waals surface area contributed by atoms with Crippen LogP contribution in [0.15, 0.2) is 22.7 Å². The Morgan fingerprint density at radius 3 is 2.71 bits per heavy atom. The van der Waals surface area contributed by atoms with Crippen LogP contribution < -0.4 is 5.32 Å². The highest BCUT2D eigenvalue weighted by Gasteiger charge is 2.41. The molecule has 0 bridgehead atoms. The fraction of sp³-hybridized carbons (Fsp3) is 0.417. The summed E-state index contributed by atoms with van der Waals surface area (Å²) >= 11 is 6.64.